The third-order valence-electron chi connectivity index (χ3n) is 9.70. The molecule has 224 valence electrons. The Kier molecular flexibility index (Phi) is 9.17. The van der Waals surface area contributed by atoms with Crippen LogP contribution >= 0.6 is 11.6 Å². The SMILES string of the molecule is CN(C)C[C@H](Cc1cccc(Cl)c1)NCc1cccc(CN2C(C(=O)NC3C[C@@H]4C[C@H](C3)C4(C)C)CCS2(=O)=O)c1. The number of hydrogen-bond donors (Lipinski definition) is 2. The molecule has 0 spiro atoms. The summed E-state index contributed by atoms with van der Waals surface area (Å²) in [5.41, 5.74) is 3.53. The van der Waals surface area contributed by atoms with Crippen molar-refractivity contribution in [2.75, 3.05) is 26.4 Å². The molecule has 2 aromatic carbocycles. The van der Waals surface area contributed by atoms with Gasteiger partial charge < -0.3 is 15.5 Å². The monoisotopic (exact) mass is 600 g/mol. The maximum absolute atomic E-state index is 13.3. The number of likely N-dealkylation sites (N-methyl/N-ethyl adjacent to an activating group) is 1. The van der Waals surface area contributed by atoms with Crippen LogP contribution in [0, 0.1) is 17.3 Å². The number of carbonyl (C=O) groups is 1. The fourth-order valence-corrected chi connectivity index (χ4v) is 9.08. The van der Waals surface area contributed by atoms with Crippen molar-refractivity contribution in [3.8, 4) is 0 Å². The average molecular weight is 601 g/mol. The predicted molar refractivity (Wildman–Crippen MR) is 165 cm³/mol. The second-order valence-electron chi connectivity index (χ2n) is 13.3. The number of fused-ring (bicyclic) bond motifs is 2. The molecule has 4 fully saturated rings. The van der Waals surface area contributed by atoms with E-state index in [1.807, 2.05) is 30.3 Å². The van der Waals surface area contributed by atoms with Crippen molar-refractivity contribution < 1.29 is 13.2 Å². The summed E-state index contributed by atoms with van der Waals surface area (Å²) in [5.74, 6) is 1.18. The van der Waals surface area contributed by atoms with E-state index in [0.29, 0.717) is 30.2 Å². The molecular formula is C32H45ClN4O3S. The second-order valence-corrected chi connectivity index (χ2v) is 15.8. The minimum atomic E-state index is -3.49. The Hall–Kier alpha value is -1.97. The molecule has 4 aliphatic rings. The normalized spacial score (nSPS) is 27.4. The van der Waals surface area contributed by atoms with Gasteiger partial charge in [-0.25, -0.2) is 8.42 Å². The highest BCUT2D eigenvalue weighted by molar-refractivity contribution is 7.89. The number of sulfonamides is 1. The lowest BCUT2D eigenvalue weighted by Crippen LogP contribution is -2.57. The molecule has 2 bridgehead atoms. The fraction of sp³-hybridized carbons (Fsp3) is 0.594. The Balaban J connectivity index is 1.21. The molecule has 1 aliphatic heterocycles. The molecule has 0 radical (unpaired) electrons. The van der Waals surface area contributed by atoms with Crippen LogP contribution in [-0.2, 0) is 34.3 Å². The van der Waals surface area contributed by atoms with E-state index in [1.54, 1.807) is 0 Å². The van der Waals surface area contributed by atoms with E-state index in [4.69, 9.17) is 11.6 Å². The molecule has 1 saturated heterocycles. The zero-order valence-corrected chi connectivity index (χ0v) is 26.3. The van der Waals surface area contributed by atoms with E-state index in [-0.39, 0.29) is 30.3 Å². The molecule has 9 heteroatoms. The molecule has 5 atom stereocenters. The fourth-order valence-electron chi connectivity index (χ4n) is 7.18. The number of nitrogens with zero attached hydrogens (tertiary/aromatic N) is 2. The summed E-state index contributed by atoms with van der Waals surface area (Å²) in [6.45, 7) is 6.40. The number of carbonyl (C=O) groups excluding carboxylic acids is 1. The van der Waals surface area contributed by atoms with Gasteiger partial charge in [-0.1, -0.05) is 61.8 Å². The summed E-state index contributed by atoms with van der Waals surface area (Å²) in [7, 11) is 0.637. The zero-order chi connectivity index (χ0) is 29.4. The summed E-state index contributed by atoms with van der Waals surface area (Å²) in [6, 6.07) is 15.7. The maximum atomic E-state index is 13.3. The zero-order valence-electron chi connectivity index (χ0n) is 24.8. The molecule has 3 aliphatic carbocycles. The van der Waals surface area contributed by atoms with Crippen LogP contribution in [0.4, 0.5) is 0 Å². The summed E-state index contributed by atoms with van der Waals surface area (Å²) >= 11 is 6.21. The molecule has 2 unspecified atom stereocenters. The Labute approximate surface area is 251 Å². The van der Waals surface area contributed by atoms with Gasteiger partial charge >= 0.3 is 0 Å². The van der Waals surface area contributed by atoms with Crippen molar-refractivity contribution in [2.24, 2.45) is 17.3 Å². The van der Waals surface area contributed by atoms with Crippen molar-refractivity contribution in [2.45, 2.75) is 77.2 Å². The van der Waals surface area contributed by atoms with Gasteiger partial charge in [0, 0.05) is 36.7 Å². The Morgan fingerprint density at radius 3 is 2.41 bits per heavy atom. The highest BCUT2D eigenvalue weighted by atomic mass is 35.5. The van der Waals surface area contributed by atoms with Gasteiger partial charge in [0.2, 0.25) is 15.9 Å². The highest BCUT2D eigenvalue weighted by Crippen LogP contribution is 2.59. The van der Waals surface area contributed by atoms with Gasteiger partial charge in [0.05, 0.1) is 5.75 Å². The molecule has 7 nitrogen and oxygen atoms in total. The lowest BCUT2D eigenvalue weighted by molar-refractivity contribution is -0.129. The summed E-state index contributed by atoms with van der Waals surface area (Å²) in [6.07, 6.45) is 4.44. The van der Waals surface area contributed by atoms with Gasteiger partial charge in [-0.05, 0) is 92.3 Å². The molecule has 1 amide bonds. The minimum absolute atomic E-state index is 0.0188. The first-order valence-corrected chi connectivity index (χ1v) is 16.9. The standard InChI is InChI=1S/C32H45ClN4O3S/c1-32(2)25-16-26(32)18-28(17-25)35-31(38)30-11-12-41(39,40)37(30)20-24-9-5-8-23(13-24)19-34-29(21-36(3)4)15-22-7-6-10-27(33)14-22/h5-10,13-14,25-26,28-30,34H,11-12,15-21H2,1-4H3,(H,35,38)/t25-,26+,28?,29-,30?/m0/s1. The maximum Gasteiger partial charge on any atom is 0.238 e. The number of benzene rings is 2. The topological polar surface area (TPSA) is 81.8 Å². The molecule has 1 heterocycles. The van der Waals surface area contributed by atoms with Crippen molar-refractivity contribution in [1.29, 1.82) is 0 Å². The number of amides is 1. The molecule has 0 aromatic heterocycles. The van der Waals surface area contributed by atoms with Crippen molar-refractivity contribution in [1.82, 2.24) is 19.8 Å². The Morgan fingerprint density at radius 1 is 1.05 bits per heavy atom. The summed E-state index contributed by atoms with van der Waals surface area (Å²) in [5, 5.41) is 7.64. The lowest BCUT2D eigenvalue weighted by Gasteiger charge is -2.59. The van der Waals surface area contributed by atoms with Gasteiger partial charge in [0.15, 0.2) is 0 Å². The van der Waals surface area contributed by atoms with Crippen LogP contribution in [0.2, 0.25) is 5.02 Å². The smallest absolute Gasteiger partial charge is 0.238 e. The van der Waals surface area contributed by atoms with Crippen LogP contribution in [0.1, 0.15) is 56.2 Å². The van der Waals surface area contributed by atoms with Crippen LogP contribution in [-0.4, -0.2) is 68.0 Å². The van der Waals surface area contributed by atoms with E-state index in [2.05, 4.69) is 61.7 Å². The van der Waals surface area contributed by atoms with Crippen molar-refractivity contribution >= 4 is 27.5 Å². The van der Waals surface area contributed by atoms with Gasteiger partial charge in [0.1, 0.15) is 6.04 Å². The third-order valence-corrected chi connectivity index (χ3v) is 11.8. The Bertz CT molecular complexity index is 1330. The van der Waals surface area contributed by atoms with Crippen LogP contribution in [0.3, 0.4) is 0 Å². The summed E-state index contributed by atoms with van der Waals surface area (Å²) < 4.78 is 27.5. The number of hydrogen-bond acceptors (Lipinski definition) is 5. The third kappa shape index (κ3) is 7.16. The highest BCUT2D eigenvalue weighted by Gasteiger charge is 2.53. The van der Waals surface area contributed by atoms with Gasteiger partial charge in [0.25, 0.3) is 0 Å². The first kappa shape index (κ1) is 30.5. The van der Waals surface area contributed by atoms with Crippen LogP contribution < -0.4 is 10.6 Å². The van der Waals surface area contributed by atoms with E-state index in [0.717, 1.165) is 42.0 Å². The molecule has 41 heavy (non-hydrogen) atoms. The van der Waals surface area contributed by atoms with Crippen LogP contribution in [0.15, 0.2) is 48.5 Å². The first-order valence-electron chi connectivity index (χ1n) is 14.9. The molecular weight excluding hydrogens is 556 g/mol. The quantitative estimate of drug-likeness (QED) is 0.398. The molecule has 2 aromatic rings. The molecule has 3 saturated carbocycles. The van der Waals surface area contributed by atoms with E-state index >= 15 is 0 Å². The molecule has 2 N–H and O–H groups in total. The first-order chi connectivity index (χ1) is 19.4. The van der Waals surface area contributed by atoms with Gasteiger partial charge in [-0.15, -0.1) is 0 Å². The molecule has 6 rings (SSSR count). The lowest BCUT2D eigenvalue weighted by atomic mass is 9.48. The number of nitrogens with one attached hydrogen (secondary N) is 2. The number of halogens is 1. The van der Waals surface area contributed by atoms with Crippen LogP contribution in [0.25, 0.3) is 0 Å². The van der Waals surface area contributed by atoms with E-state index < -0.39 is 16.1 Å². The summed E-state index contributed by atoms with van der Waals surface area (Å²) in [4.78, 5) is 15.5. The minimum Gasteiger partial charge on any atom is -0.352 e. The van der Waals surface area contributed by atoms with E-state index in [1.165, 1.54) is 16.3 Å². The predicted octanol–water partition coefficient (Wildman–Crippen LogP) is 4.45. The Morgan fingerprint density at radius 2 is 1.73 bits per heavy atom. The average Bonchev–Trinajstić information content (AvgIpc) is 3.21. The number of rotatable bonds is 11. The van der Waals surface area contributed by atoms with Crippen molar-refractivity contribution in [3.63, 3.8) is 0 Å². The largest absolute Gasteiger partial charge is 0.352 e. The van der Waals surface area contributed by atoms with Gasteiger partial charge in [-0.2, -0.15) is 4.31 Å². The second kappa shape index (κ2) is 12.3. The van der Waals surface area contributed by atoms with Crippen molar-refractivity contribution in [3.05, 3.63) is 70.2 Å². The van der Waals surface area contributed by atoms with Gasteiger partial charge in [-0.3, -0.25) is 4.79 Å². The van der Waals surface area contributed by atoms with E-state index in [9.17, 15) is 13.2 Å². The van der Waals surface area contributed by atoms with Crippen LogP contribution in [0.5, 0.6) is 0 Å².